The van der Waals surface area contributed by atoms with Gasteiger partial charge in [-0.3, -0.25) is 9.69 Å². The van der Waals surface area contributed by atoms with Gasteiger partial charge in [0.1, 0.15) is 17.5 Å². The van der Waals surface area contributed by atoms with Crippen molar-refractivity contribution in [3.05, 3.63) is 47.7 Å². The summed E-state index contributed by atoms with van der Waals surface area (Å²) in [6.45, 7) is 4.11. The fraction of sp³-hybridized carbons (Fsp3) is 0.444. The van der Waals surface area contributed by atoms with E-state index in [1.807, 2.05) is 17.7 Å². The van der Waals surface area contributed by atoms with Crippen LogP contribution in [0.1, 0.15) is 44.2 Å². The van der Waals surface area contributed by atoms with Crippen LogP contribution in [0.5, 0.6) is 0 Å². The minimum atomic E-state index is -0.595. The number of rotatable bonds is 2. The van der Waals surface area contributed by atoms with Crippen LogP contribution in [0, 0.1) is 17.6 Å². The Morgan fingerprint density at radius 3 is 2.71 bits per heavy atom. The SMILES string of the molecule is CC1CC(C)n2nccc2N1C(=O)C1CC1c1ccc(F)cc1F. The van der Waals surface area contributed by atoms with E-state index in [-0.39, 0.29) is 29.8 Å². The Morgan fingerprint density at radius 2 is 1.96 bits per heavy atom. The lowest BCUT2D eigenvalue weighted by atomic mass is 10.0. The number of fused-ring (bicyclic) bond motifs is 1. The number of hydrogen-bond donors (Lipinski definition) is 0. The average molecular weight is 331 g/mol. The van der Waals surface area contributed by atoms with Crippen molar-refractivity contribution in [1.29, 1.82) is 0 Å². The van der Waals surface area contributed by atoms with Crippen molar-refractivity contribution in [2.24, 2.45) is 5.92 Å². The summed E-state index contributed by atoms with van der Waals surface area (Å²) >= 11 is 0. The van der Waals surface area contributed by atoms with Crippen molar-refractivity contribution in [3.8, 4) is 0 Å². The summed E-state index contributed by atoms with van der Waals surface area (Å²) in [4.78, 5) is 14.8. The lowest BCUT2D eigenvalue weighted by Crippen LogP contribution is -2.45. The maximum absolute atomic E-state index is 14.0. The number of amides is 1. The Hall–Kier alpha value is -2.24. The standard InChI is InChI=1S/C18H19F2N3O/c1-10-7-11(2)23-17(5-6-21-23)22(10)18(24)15-9-14(15)13-4-3-12(19)8-16(13)20/h3-6,8,10-11,14-15H,7,9H2,1-2H3. The predicted octanol–water partition coefficient (Wildman–Crippen LogP) is 3.65. The number of halogens is 2. The minimum absolute atomic E-state index is 0.00451. The van der Waals surface area contributed by atoms with Gasteiger partial charge in [-0.15, -0.1) is 0 Å². The number of nitrogens with zero attached hydrogens (tertiary/aromatic N) is 3. The van der Waals surface area contributed by atoms with Gasteiger partial charge in [-0.2, -0.15) is 5.10 Å². The normalized spacial score (nSPS) is 28.6. The Kier molecular flexibility index (Phi) is 3.44. The molecule has 0 spiro atoms. The fourth-order valence-electron chi connectivity index (χ4n) is 3.88. The van der Waals surface area contributed by atoms with Crippen LogP contribution in [0.15, 0.2) is 30.5 Å². The van der Waals surface area contributed by atoms with Crippen LogP contribution in [-0.4, -0.2) is 21.7 Å². The zero-order valence-corrected chi connectivity index (χ0v) is 13.6. The molecule has 1 aliphatic heterocycles. The molecule has 1 aromatic carbocycles. The number of anilines is 1. The smallest absolute Gasteiger partial charge is 0.232 e. The molecule has 1 amide bonds. The van der Waals surface area contributed by atoms with Gasteiger partial charge in [0.05, 0.1) is 12.2 Å². The summed E-state index contributed by atoms with van der Waals surface area (Å²) in [6, 6.07) is 5.76. The Bertz CT molecular complexity index is 803. The van der Waals surface area contributed by atoms with Crippen molar-refractivity contribution in [1.82, 2.24) is 9.78 Å². The Labute approximate surface area is 139 Å². The Morgan fingerprint density at radius 1 is 1.17 bits per heavy atom. The Balaban J connectivity index is 1.59. The van der Waals surface area contributed by atoms with E-state index in [4.69, 9.17) is 0 Å². The molecule has 4 nitrogen and oxygen atoms in total. The van der Waals surface area contributed by atoms with Gasteiger partial charge >= 0.3 is 0 Å². The number of carbonyl (C=O) groups excluding carboxylic acids is 1. The quantitative estimate of drug-likeness (QED) is 0.842. The molecule has 6 heteroatoms. The summed E-state index contributed by atoms with van der Waals surface area (Å²) in [5.74, 6) is -0.769. The topological polar surface area (TPSA) is 38.1 Å². The molecule has 4 atom stereocenters. The van der Waals surface area contributed by atoms with Crippen LogP contribution < -0.4 is 4.90 Å². The number of hydrogen-bond acceptors (Lipinski definition) is 2. The first-order valence-electron chi connectivity index (χ1n) is 8.29. The minimum Gasteiger partial charge on any atom is -0.294 e. The largest absolute Gasteiger partial charge is 0.294 e. The third-order valence-electron chi connectivity index (χ3n) is 5.14. The maximum Gasteiger partial charge on any atom is 0.232 e. The molecule has 0 N–H and O–H groups in total. The van der Waals surface area contributed by atoms with E-state index in [0.717, 1.165) is 18.3 Å². The van der Waals surface area contributed by atoms with Gasteiger partial charge < -0.3 is 0 Å². The predicted molar refractivity (Wildman–Crippen MR) is 85.7 cm³/mol. The van der Waals surface area contributed by atoms with Gasteiger partial charge in [0.2, 0.25) is 5.91 Å². The van der Waals surface area contributed by atoms with Gasteiger partial charge in [0, 0.05) is 24.1 Å². The molecule has 1 aromatic heterocycles. The molecule has 24 heavy (non-hydrogen) atoms. The van der Waals surface area contributed by atoms with Crippen molar-refractivity contribution in [2.75, 3.05) is 4.90 Å². The third-order valence-corrected chi connectivity index (χ3v) is 5.14. The molecule has 0 radical (unpaired) electrons. The highest BCUT2D eigenvalue weighted by atomic mass is 19.1. The molecular weight excluding hydrogens is 312 g/mol. The zero-order valence-electron chi connectivity index (χ0n) is 13.6. The monoisotopic (exact) mass is 331 g/mol. The van der Waals surface area contributed by atoms with Crippen molar-refractivity contribution >= 4 is 11.7 Å². The highest BCUT2D eigenvalue weighted by Crippen LogP contribution is 2.50. The van der Waals surface area contributed by atoms with E-state index in [0.29, 0.717) is 12.0 Å². The molecule has 1 aliphatic carbocycles. The second-order valence-corrected chi connectivity index (χ2v) is 6.89. The van der Waals surface area contributed by atoms with Crippen molar-refractivity contribution in [2.45, 2.75) is 44.7 Å². The van der Waals surface area contributed by atoms with E-state index in [2.05, 4.69) is 12.0 Å². The highest BCUT2D eigenvalue weighted by Gasteiger charge is 2.49. The first-order chi connectivity index (χ1) is 11.5. The van der Waals surface area contributed by atoms with Gasteiger partial charge in [0.25, 0.3) is 0 Å². The molecular formula is C18H19F2N3O. The maximum atomic E-state index is 14.0. The molecule has 4 rings (SSSR count). The van der Waals surface area contributed by atoms with Crippen LogP contribution in [-0.2, 0) is 4.79 Å². The lowest BCUT2D eigenvalue weighted by molar-refractivity contribution is -0.120. The molecule has 0 bridgehead atoms. The summed E-state index contributed by atoms with van der Waals surface area (Å²) < 4.78 is 28.9. The van der Waals surface area contributed by atoms with Crippen LogP contribution in [0.2, 0.25) is 0 Å². The second-order valence-electron chi connectivity index (χ2n) is 6.89. The van der Waals surface area contributed by atoms with Crippen LogP contribution >= 0.6 is 0 Å². The van der Waals surface area contributed by atoms with Gasteiger partial charge in [-0.25, -0.2) is 13.5 Å². The lowest BCUT2D eigenvalue weighted by Gasteiger charge is -2.37. The van der Waals surface area contributed by atoms with Crippen LogP contribution in [0.3, 0.4) is 0 Å². The summed E-state index contributed by atoms with van der Waals surface area (Å²) in [7, 11) is 0. The molecule has 126 valence electrons. The summed E-state index contributed by atoms with van der Waals surface area (Å²) in [6.07, 6.45) is 3.14. The molecule has 0 saturated heterocycles. The number of benzene rings is 1. The van der Waals surface area contributed by atoms with Crippen molar-refractivity contribution < 1.29 is 13.6 Å². The first kappa shape index (κ1) is 15.3. The average Bonchev–Trinajstić information content (AvgIpc) is 3.15. The number of carbonyl (C=O) groups is 1. The van der Waals surface area contributed by atoms with Crippen molar-refractivity contribution in [3.63, 3.8) is 0 Å². The zero-order chi connectivity index (χ0) is 17.0. The van der Waals surface area contributed by atoms with Gasteiger partial charge in [-0.1, -0.05) is 6.07 Å². The van der Waals surface area contributed by atoms with Gasteiger partial charge in [-0.05, 0) is 44.2 Å². The van der Waals surface area contributed by atoms with Gasteiger partial charge in [0.15, 0.2) is 0 Å². The first-order valence-corrected chi connectivity index (χ1v) is 8.29. The van der Waals surface area contributed by atoms with E-state index >= 15 is 0 Å². The number of aromatic nitrogens is 2. The fourth-order valence-corrected chi connectivity index (χ4v) is 3.88. The van der Waals surface area contributed by atoms with E-state index in [9.17, 15) is 13.6 Å². The highest BCUT2D eigenvalue weighted by molar-refractivity contribution is 5.97. The molecule has 1 saturated carbocycles. The van der Waals surface area contributed by atoms with Crippen LogP contribution in [0.4, 0.5) is 14.6 Å². The summed E-state index contributed by atoms with van der Waals surface area (Å²) in [5, 5.41) is 4.31. The third kappa shape index (κ3) is 2.32. The molecule has 4 unspecified atom stereocenters. The molecule has 1 fully saturated rings. The molecule has 2 aliphatic rings. The van der Waals surface area contributed by atoms with E-state index in [1.54, 1.807) is 11.1 Å². The molecule has 2 aromatic rings. The van der Waals surface area contributed by atoms with E-state index in [1.165, 1.54) is 12.1 Å². The van der Waals surface area contributed by atoms with Crippen LogP contribution in [0.25, 0.3) is 0 Å². The molecule has 2 heterocycles. The second kappa shape index (κ2) is 5.40. The van der Waals surface area contributed by atoms with E-state index < -0.39 is 11.6 Å². The summed E-state index contributed by atoms with van der Waals surface area (Å²) in [5.41, 5.74) is 0.432.